The summed E-state index contributed by atoms with van der Waals surface area (Å²) in [5, 5.41) is 0. The number of nitrogens with zero attached hydrogens (tertiary/aromatic N) is 2. The molecule has 0 aromatic carbocycles. The van der Waals surface area contributed by atoms with Crippen LogP contribution in [0.1, 0.15) is 25.3 Å². The molecule has 0 N–H and O–H groups in total. The van der Waals surface area contributed by atoms with Crippen LogP contribution >= 0.6 is 0 Å². The van der Waals surface area contributed by atoms with Crippen molar-refractivity contribution in [1.29, 1.82) is 0 Å². The lowest BCUT2D eigenvalue weighted by Crippen LogP contribution is -1.88. The number of isocyanates is 1. The number of aromatic nitrogens is 1. The molecule has 1 rings (SSSR count). The van der Waals surface area contributed by atoms with Gasteiger partial charge >= 0.3 is 0 Å². The monoisotopic (exact) mass is 162 g/mol. The Morgan fingerprint density at radius 2 is 2.33 bits per heavy atom. The van der Waals surface area contributed by atoms with Crippen molar-refractivity contribution in [1.82, 2.24) is 4.98 Å². The molecule has 0 unspecified atom stereocenters. The van der Waals surface area contributed by atoms with Gasteiger partial charge in [0, 0.05) is 6.20 Å². The fourth-order valence-electron chi connectivity index (χ4n) is 1.03. The van der Waals surface area contributed by atoms with E-state index in [0.29, 0.717) is 11.6 Å². The van der Waals surface area contributed by atoms with E-state index in [1.54, 1.807) is 12.4 Å². The highest BCUT2D eigenvalue weighted by Gasteiger charge is 2.04. The van der Waals surface area contributed by atoms with Gasteiger partial charge in [-0.15, -0.1) is 0 Å². The maximum Gasteiger partial charge on any atom is 0.240 e. The zero-order valence-corrected chi connectivity index (χ0v) is 7.11. The Kier molecular flexibility index (Phi) is 2.72. The minimum absolute atomic E-state index is 0.347. The molecule has 0 amide bonds. The van der Waals surface area contributed by atoms with Gasteiger partial charge in [0.05, 0.1) is 11.9 Å². The minimum Gasteiger partial charge on any atom is -0.262 e. The molecular formula is C9H10N2O. The maximum atomic E-state index is 10.0. The molecule has 0 bridgehead atoms. The van der Waals surface area contributed by atoms with Gasteiger partial charge in [0.15, 0.2) is 0 Å². The lowest BCUT2D eigenvalue weighted by molar-refractivity contribution is 0.565. The highest BCUT2D eigenvalue weighted by Crippen LogP contribution is 2.24. The van der Waals surface area contributed by atoms with E-state index < -0.39 is 0 Å². The van der Waals surface area contributed by atoms with Crippen LogP contribution in [0, 0.1) is 0 Å². The normalized spacial score (nSPS) is 9.58. The van der Waals surface area contributed by atoms with Crippen molar-refractivity contribution in [3.63, 3.8) is 0 Å². The van der Waals surface area contributed by atoms with E-state index in [1.807, 2.05) is 19.9 Å². The van der Waals surface area contributed by atoms with Gasteiger partial charge in [-0.25, -0.2) is 4.79 Å². The second-order valence-electron chi connectivity index (χ2n) is 2.79. The molecule has 0 aliphatic carbocycles. The van der Waals surface area contributed by atoms with Gasteiger partial charge in [-0.1, -0.05) is 13.8 Å². The molecule has 62 valence electrons. The molecule has 0 saturated heterocycles. The molecule has 12 heavy (non-hydrogen) atoms. The fourth-order valence-corrected chi connectivity index (χ4v) is 1.03. The second-order valence-corrected chi connectivity index (χ2v) is 2.79. The van der Waals surface area contributed by atoms with Crippen LogP contribution in [0.25, 0.3) is 0 Å². The predicted molar refractivity (Wildman–Crippen MR) is 46.1 cm³/mol. The third kappa shape index (κ3) is 1.77. The summed E-state index contributed by atoms with van der Waals surface area (Å²) >= 11 is 0. The van der Waals surface area contributed by atoms with Crippen molar-refractivity contribution < 1.29 is 4.79 Å². The van der Waals surface area contributed by atoms with Gasteiger partial charge in [0.2, 0.25) is 6.08 Å². The summed E-state index contributed by atoms with van der Waals surface area (Å²) in [7, 11) is 0. The van der Waals surface area contributed by atoms with Crippen LogP contribution in [-0.4, -0.2) is 11.1 Å². The van der Waals surface area contributed by atoms with E-state index in [2.05, 4.69) is 9.98 Å². The van der Waals surface area contributed by atoms with Gasteiger partial charge < -0.3 is 0 Å². The van der Waals surface area contributed by atoms with Crippen LogP contribution in [-0.2, 0) is 4.79 Å². The molecule has 1 aromatic heterocycles. The van der Waals surface area contributed by atoms with Crippen LogP contribution in [0.4, 0.5) is 5.69 Å². The van der Waals surface area contributed by atoms with E-state index in [0.717, 1.165) is 5.56 Å². The van der Waals surface area contributed by atoms with E-state index >= 15 is 0 Å². The number of rotatable bonds is 2. The summed E-state index contributed by atoms with van der Waals surface area (Å²) in [6, 6.07) is 1.86. The summed E-state index contributed by atoms with van der Waals surface area (Å²) in [6.07, 6.45) is 4.78. The molecule has 0 radical (unpaired) electrons. The lowest BCUT2D eigenvalue weighted by atomic mass is 10.0. The van der Waals surface area contributed by atoms with Crippen LogP contribution in [0.5, 0.6) is 0 Å². The first kappa shape index (κ1) is 8.62. The number of carbonyl (C=O) groups excluding carboxylic acids is 1. The molecule has 3 nitrogen and oxygen atoms in total. The molecule has 1 aromatic rings. The average molecular weight is 162 g/mol. The van der Waals surface area contributed by atoms with Gasteiger partial charge in [-0.3, -0.25) is 4.98 Å². The number of hydrogen-bond acceptors (Lipinski definition) is 3. The molecule has 0 aliphatic rings. The van der Waals surface area contributed by atoms with Crippen LogP contribution < -0.4 is 0 Å². The Bertz CT molecular complexity index is 314. The maximum absolute atomic E-state index is 10.0. The van der Waals surface area contributed by atoms with Gasteiger partial charge in [-0.2, -0.15) is 4.99 Å². The van der Waals surface area contributed by atoms with Crippen LogP contribution in [0.3, 0.4) is 0 Å². The first-order valence-electron chi connectivity index (χ1n) is 3.77. The summed E-state index contributed by atoms with van der Waals surface area (Å²) in [6.45, 7) is 4.08. The zero-order chi connectivity index (χ0) is 8.97. The van der Waals surface area contributed by atoms with E-state index in [1.165, 1.54) is 6.08 Å². The van der Waals surface area contributed by atoms with Crippen LogP contribution in [0.15, 0.2) is 23.5 Å². The molecular weight excluding hydrogens is 152 g/mol. The molecule has 1 heterocycles. The Balaban J connectivity index is 3.17. The number of aliphatic imine (C=N–C) groups is 1. The van der Waals surface area contributed by atoms with Crippen molar-refractivity contribution in [3.05, 3.63) is 24.0 Å². The first-order chi connectivity index (χ1) is 5.75. The molecule has 0 spiro atoms. The summed E-state index contributed by atoms with van der Waals surface area (Å²) in [5.74, 6) is 0.347. The Hall–Kier alpha value is -1.47. The van der Waals surface area contributed by atoms with Crippen molar-refractivity contribution in [2.24, 2.45) is 4.99 Å². The molecule has 3 heteroatoms. The molecule has 0 saturated carbocycles. The highest BCUT2D eigenvalue weighted by atomic mass is 16.1. The van der Waals surface area contributed by atoms with Crippen molar-refractivity contribution in [2.45, 2.75) is 19.8 Å². The number of pyridine rings is 1. The zero-order valence-electron chi connectivity index (χ0n) is 7.11. The van der Waals surface area contributed by atoms with E-state index in [4.69, 9.17) is 0 Å². The standard InChI is InChI=1S/C9H10N2O/c1-7(2)8-3-4-10-5-9(8)11-6-12/h3-5,7H,1-2H3. The SMILES string of the molecule is CC(C)c1ccncc1N=C=O. The van der Waals surface area contributed by atoms with Crippen molar-refractivity contribution in [2.75, 3.05) is 0 Å². The third-order valence-corrected chi connectivity index (χ3v) is 1.62. The molecule has 0 atom stereocenters. The molecule has 0 fully saturated rings. The van der Waals surface area contributed by atoms with Gasteiger partial charge in [-0.05, 0) is 17.5 Å². The van der Waals surface area contributed by atoms with Crippen LogP contribution in [0.2, 0.25) is 0 Å². The van der Waals surface area contributed by atoms with Crippen molar-refractivity contribution in [3.8, 4) is 0 Å². The van der Waals surface area contributed by atoms with Gasteiger partial charge in [0.1, 0.15) is 0 Å². The summed E-state index contributed by atoms with van der Waals surface area (Å²) in [5.41, 5.74) is 1.64. The third-order valence-electron chi connectivity index (χ3n) is 1.62. The van der Waals surface area contributed by atoms with Gasteiger partial charge in [0.25, 0.3) is 0 Å². The lowest BCUT2D eigenvalue weighted by Gasteiger charge is -2.05. The Labute approximate surface area is 71.2 Å². The predicted octanol–water partition coefficient (Wildman–Crippen LogP) is 2.17. The minimum atomic E-state index is 0.347. The number of hydrogen-bond donors (Lipinski definition) is 0. The Morgan fingerprint density at radius 3 is 2.92 bits per heavy atom. The fraction of sp³-hybridized carbons (Fsp3) is 0.333. The van der Waals surface area contributed by atoms with E-state index in [9.17, 15) is 4.79 Å². The average Bonchev–Trinajstić information content (AvgIpc) is 2.05. The smallest absolute Gasteiger partial charge is 0.240 e. The summed E-state index contributed by atoms with van der Waals surface area (Å²) in [4.78, 5) is 17.5. The topological polar surface area (TPSA) is 42.3 Å². The van der Waals surface area contributed by atoms with Crippen molar-refractivity contribution >= 4 is 11.8 Å². The summed E-state index contributed by atoms with van der Waals surface area (Å²) < 4.78 is 0. The first-order valence-corrected chi connectivity index (χ1v) is 3.77. The largest absolute Gasteiger partial charge is 0.262 e. The highest BCUT2D eigenvalue weighted by molar-refractivity contribution is 5.52. The quantitative estimate of drug-likeness (QED) is 0.494. The van der Waals surface area contributed by atoms with E-state index in [-0.39, 0.29) is 0 Å². The second kappa shape index (κ2) is 3.79. The Morgan fingerprint density at radius 1 is 1.58 bits per heavy atom. The molecule has 0 aliphatic heterocycles.